The molecule has 1 fully saturated rings. The van der Waals surface area contributed by atoms with Gasteiger partial charge in [0.1, 0.15) is 0 Å². The van der Waals surface area contributed by atoms with Crippen molar-refractivity contribution in [1.29, 1.82) is 0 Å². The molecule has 0 saturated carbocycles. The van der Waals surface area contributed by atoms with Gasteiger partial charge in [-0.2, -0.15) is 13.2 Å². The summed E-state index contributed by atoms with van der Waals surface area (Å²) in [5.41, 5.74) is -0.163. The first-order chi connectivity index (χ1) is 12.8. The van der Waals surface area contributed by atoms with Crippen molar-refractivity contribution in [2.75, 3.05) is 31.6 Å². The lowest BCUT2D eigenvalue weighted by Gasteiger charge is -2.28. The summed E-state index contributed by atoms with van der Waals surface area (Å²) in [6.07, 6.45) is -2.54. The van der Waals surface area contributed by atoms with Crippen LogP contribution >= 0.6 is 23.6 Å². The van der Waals surface area contributed by atoms with Crippen LogP contribution in [0.3, 0.4) is 0 Å². The zero-order valence-electron chi connectivity index (χ0n) is 14.1. The van der Waals surface area contributed by atoms with E-state index in [9.17, 15) is 18.0 Å². The van der Waals surface area contributed by atoms with Gasteiger partial charge in [0.2, 0.25) is 0 Å². The maximum absolute atomic E-state index is 12.8. The van der Waals surface area contributed by atoms with Crippen molar-refractivity contribution < 1.29 is 22.7 Å². The van der Waals surface area contributed by atoms with Crippen molar-refractivity contribution in [1.82, 2.24) is 9.88 Å². The van der Waals surface area contributed by atoms with Gasteiger partial charge in [0.05, 0.1) is 18.8 Å². The number of rotatable bonds is 3. The Morgan fingerprint density at radius 1 is 1.33 bits per heavy atom. The topological polar surface area (TPSA) is 54.5 Å². The molecule has 0 unspecified atom stereocenters. The zero-order valence-corrected chi connectivity index (χ0v) is 15.7. The average Bonchev–Trinajstić information content (AvgIpc) is 3.08. The predicted octanol–water partition coefficient (Wildman–Crippen LogP) is 3.35. The minimum Gasteiger partial charge on any atom is -0.378 e. The fourth-order valence-corrected chi connectivity index (χ4v) is 3.64. The van der Waals surface area contributed by atoms with E-state index in [2.05, 4.69) is 10.3 Å². The van der Waals surface area contributed by atoms with Gasteiger partial charge in [-0.05, 0) is 11.6 Å². The van der Waals surface area contributed by atoms with Crippen LogP contribution in [-0.4, -0.2) is 47.1 Å². The number of nitrogens with one attached hydrogen (secondary N) is 1. The Morgan fingerprint density at radius 3 is 2.78 bits per heavy atom. The highest BCUT2D eigenvalue weighted by Crippen LogP contribution is 2.30. The standard InChI is InChI=1S/C17H16F3N3O2S2/c18-17(19,20)12-3-1-2-11(8-12)9-13-10-21-16(27-13)22-14(24)15(26)23-4-6-25-7-5-23/h1-3,8,10H,4-7,9H2,(H,21,22,24). The second-order valence-corrected chi connectivity index (χ2v) is 7.37. The van der Waals surface area contributed by atoms with Crippen molar-refractivity contribution in [3.05, 3.63) is 46.5 Å². The molecule has 0 atom stereocenters. The van der Waals surface area contributed by atoms with E-state index in [4.69, 9.17) is 17.0 Å². The van der Waals surface area contributed by atoms with E-state index in [1.807, 2.05) is 0 Å². The lowest BCUT2D eigenvalue weighted by atomic mass is 10.1. The summed E-state index contributed by atoms with van der Waals surface area (Å²) in [5.74, 6) is -0.424. The van der Waals surface area contributed by atoms with Crippen LogP contribution < -0.4 is 5.32 Å². The van der Waals surface area contributed by atoms with E-state index >= 15 is 0 Å². The maximum atomic E-state index is 12.8. The molecule has 1 aliphatic heterocycles. The molecule has 1 saturated heterocycles. The smallest absolute Gasteiger partial charge is 0.378 e. The Morgan fingerprint density at radius 2 is 2.07 bits per heavy atom. The molecular formula is C17H16F3N3O2S2. The molecule has 0 spiro atoms. The summed E-state index contributed by atoms with van der Waals surface area (Å²) in [6.45, 7) is 2.16. The van der Waals surface area contributed by atoms with E-state index < -0.39 is 17.6 Å². The number of halogens is 3. The van der Waals surface area contributed by atoms with E-state index in [0.717, 1.165) is 17.0 Å². The number of thiazole rings is 1. The monoisotopic (exact) mass is 415 g/mol. The second-order valence-electron chi connectivity index (χ2n) is 5.87. The number of ether oxygens (including phenoxy) is 1. The lowest BCUT2D eigenvalue weighted by molar-refractivity contribution is -0.137. The largest absolute Gasteiger partial charge is 0.416 e. The number of hydrogen-bond acceptors (Lipinski definition) is 5. The Labute approximate surface area is 163 Å². The van der Waals surface area contributed by atoms with E-state index in [0.29, 0.717) is 43.4 Å². The number of nitrogens with zero attached hydrogens (tertiary/aromatic N) is 2. The molecule has 1 aromatic heterocycles. The minimum atomic E-state index is -4.38. The summed E-state index contributed by atoms with van der Waals surface area (Å²) in [5, 5.41) is 3.00. The maximum Gasteiger partial charge on any atom is 0.416 e. The molecule has 144 valence electrons. The van der Waals surface area contributed by atoms with Crippen molar-refractivity contribution in [2.24, 2.45) is 0 Å². The SMILES string of the molecule is O=C(Nc1ncc(Cc2cccc(C(F)(F)F)c2)s1)C(=S)N1CCOCC1. The van der Waals surface area contributed by atoms with Crippen molar-refractivity contribution in [2.45, 2.75) is 12.6 Å². The first kappa shape index (κ1) is 19.7. The highest BCUT2D eigenvalue weighted by molar-refractivity contribution is 7.82. The van der Waals surface area contributed by atoms with Crippen LogP contribution in [0.2, 0.25) is 0 Å². The van der Waals surface area contributed by atoms with Crippen LogP contribution in [0.15, 0.2) is 30.5 Å². The number of benzene rings is 1. The third-order valence-electron chi connectivity index (χ3n) is 3.90. The molecule has 10 heteroatoms. The molecule has 1 amide bonds. The number of amides is 1. The second kappa shape index (κ2) is 8.32. The molecular weight excluding hydrogens is 399 g/mol. The molecule has 1 N–H and O–H groups in total. The van der Waals surface area contributed by atoms with E-state index in [1.165, 1.54) is 17.4 Å². The predicted molar refractivity (Wildman–Crippen MR) is 100.0 cm³/mol. The summed E-state index contributed by atoms with van der Waals surface area (Å²) < 4.78 is 43.6. The number of alkyl halides is 3. The molecule has 1 aliphatic rings. The number of hydrogen-bond donors (Lipinski definition) is 1. The van der Waals surface area contributed by atoms with Gasteiger partial charge in [-0.3, -0.25) is 10.1 Å². The highest BCUT2D eigenvalue weighted by atomic mass is 32.1. The van der Waals surface area contributed by atoms with Gasteiger partial charge >= 0.3 is 6.18 Å². The van der Waals surface area contributed by atoms with Gasteiger partial charge < -0.3 is 9.64 Å². The summed E-state index contributed by atoms with van der Waals surface area (Å²) >= 11 is 6.39. The van der Waals surface area contributed by atoms with Crippen LogP contribution in [-0.2, 0) is 22.1 Å². The molecule has 2 aromatic rings. The van der Waals surface area contributed by atoms with Crippen molar-refractivity contribution in [3.8, 4) is 0 Å². The van der Waals surface area contributed by atoms with Crippen LogP contribution in [0.25, 0.3) is 0 Å². The summed E-state index contributed by atoms with van der Waals surface area (Å²) in [4.78, 5) is 19.0. The molecule has 0 radical (unpaired) electrons. The normalized spacial score (nSPS) is 14.9. The highest BCUT2D eigenvalue weighted by Gasteiger charge is 2.30. The van der Waals surface area contributed by atoms with Crippen LogP contribution in [0.5, 0.6) is 0 Å². The molecule has 2 heterocycles. The quantitative estimate of drug-likeness (QED) is 0.780. The Balaban J connectivity index is 1.61. The fraction of sp³-hybridized carbons (Fsp3) is 0.353. The number of aromatic nitrogens is 1. The van der Waals surface area contributed by atoms with E-state index in [-0.39, 0.29) is 4.99 Å². The van der Waals surface area contributed by atoms with Crippen molar-refractivity contribution in [3.63, 3.8) is 0 Å². The van der Waals surface area contributed by atoms with E-state index in [1.54, 1.807) is 17.2 Å². The average molecular weight is 415 g/mol. The van der Waals surface area contributed by atoms with Crippen LogP contribution in [0.4, 0.5) is 18.3 Å². The van der Waals surface area contributed by atoms with Crippen LogP contribution in [0, 0.1) is 0 Å². The Hall–Kier alpha value is -2.04. The molecule has 0 aliphatic carbocycles. The van der Waals surface area contributed by atoms with Gasteiger partial charge in [0.25, 0.3) is 5.91 Å². The molecule has 27 heavy (non-hydrogen) atoms. The molecule has 5 nitrogen and oxygen atoms in total. The number of carbonyl (C=O) groups excluding carboxylic acids is 1. The van der Waals surface area contributed by atoms with Gasteiger partial charge in [0, 0.05) is 30.6 Å². The number of anilines is 1. The molecule has 1 aromatic carbocycles. The van der Waals surface area contributed by atoms with Gasteiger partial charge in [-0.15, -0.1) is 11.3 Å². The summed E-state index contributed by atoms with van der Waals surface area (Å²) in [6, 6.07) is 5.16. The first-order valence-corrected chi connectivity index (χ1v) is 9.34. The van der Waals surface area contributed by atoms with Gasteiger partial charge in [-0.25, -0.2) is 4.98 Å². The third kappa shape index (κ3) is 5.24. The zero-order chi connectivity index (χ0) is 19.4. The molecule has 0 bridgehead atoms. The van der Waals surface area contributed by atoms with Gasteiger partial charge in [-0.1, -0.05) is 30.4 Å². The number of morpholine rings is 1. The van der Waals surface area contributed by atoms with Gasteiger partial charge in [0.15, 0.2) is 10.1 Å². The number of thiocarbonyl (C=S) groups is 1. The van der Waals surface area contributed by atoms with Crippen molar-refractivity contribution >= 4 is 39.6 Å². The fourth-order valence-electron chi connectivity index (χ4n) is 2.57. The summed E-state index contributed by atoms with van der Waals surface area (Å²) in [7, 11) is 0. The van der Waals surface area contributed by atoms with Crippen LogP contribution in [0.1, 0.15) is 16.0 Å². The third-order valence-corrected chi connectivity index (χ3v) is 5.26. The molecule has 3 rings (SSSR count). The lowest BCUT2D eigenvalue weighted by Crippen LogP contribution is -2.44. The first-order valence-electron chi connectivity index (χ1n) is 8.12. The number of carbonyl (C=O) groups is 1. The Bertz CT molecular complexity index is 833. The minimum absolute atomic E-state index is 0.174. The Kier molecular flexibility index (Phi) is 6.08.